The number of benzene rings is 1. The number of hydrogen-bond acceptors (Lipinski definition) is 2. The molecule has 0 radical (unpaired) electrons. The van der Waals surface area contributed by atoms with Crippen LogP contribution in [-0.4, -0.2) is 16.3 Å². The number of rotatable bonds is 6. The van der Waals surface area contributed by atoms with Crippen molar-refractivity contribution in [3.05, 3.63) is 47.3 Å². The van der Waals surface area contributed by atoms with Gasteiger partial charge in [0.2, 0.25) is 0 Å². The fourth-order valence-electron chi connectivity index (χ4n) is 2.43. The molecule has 1 aromatic heterocycles. The number of hydrogen-bond donors (Lipinski definition) is 1. The molecule has 1 heterocycles. The third-order valence-electron chi connectivity index (χ3n) is 3.45. The highest BCUT2D eigenvalue weighted by Gasteiger charge is 2.15. The summed E-state index contributed by atoms with van der Waals surface area (Å²) in [5, 5.41) is 8.06. The molecule has 0 aliphatic rings. The van der Waals surface area contributed by atoms with Gasteiger partial charge in [-0.1, -0.05) is 38.5 Å². The van der Waals surface area contributed by atoms with Crippen molar-refractivity contribution in [2.24, 2.45) is 0 Å². The Kier molecular flexibility index (Phi) is 4.96. The van der Waals surface area contributed by atoms with Crippen LogP contribution >= 0.6 is 0 Å². The van der Waals surface area contributed by atoms with E-state index in [1.165, 1.54) is 16.8 Å². The first-order valence-corrected chi connectivity index (χ1v) is 7.48. The molecule has 0 aliphatic heterocycles. The fraction of sp³-hybridized carbons (Fsp3) is 0.471. The highest BCUT2D eigenvalue weighted by Crippen LogP contribution is 2.23. The smallest absolute Gasteiger partial charge is 0.0649 e. The van der Waals surface area contributed by atoms with Gasteiger partial charge in [0, 0.05) is 12.1 Å². The minimum Gasteiger partial charge on any atom is -0.313 e. The molecule has 3 heteroatoms. The normalized spacial score (nSPS) is 11.2. The zero-order valence-electron chi connectivity index (χ0n) is 13.0. The van der Waals surface area contributed by atoms with Gasteiger partial charge in [0.1, 0.15) is 0 Å². The molecular formula is C17H25N3. The lowest BCUT2D eigenvalue weighted by Crippen LogP contribution is -2.15. The summed E-state index contributed by atoms with van der Waals surface area (Å²) in [6, 6.07) is 8.54. The van der Waals surface area contributed by atoms with Crippen molar-refractivity contribution in [1.29, 1.82) is 0 Å². The van der Waals surface area contributed by atoms with Crippen LogP contribution in [0.5, 0.6) is 0 Å². The van der Waals surface area contributed by atoms with Crippen LogP contribution in [0.1, 0.15) is 49.9 Å². The van der Waals surface area contributed by atoms with E-state index in [1.807, 2.05) is 6.20 Å². The average Bonchev–Trinajstić information content (AvgIpc) is 2.84. The number of nitrogens with zero attached hydrogens (tertiary/aromatic N) is 2. The van der Waals surface area contributed by atoms with Gasteiger partial charge in [-0.15, -0.1) is 0 Å². The van der Waals surface area contributed by atoms with E-state index in [0.29, 0.717) is 5.92 Å². The lowest BCUT2D eigenvalue weighted by Gasteiger charge is -2.13. The van der Waals surface area contributed by atoms with Crippen molar-refractivity contribution < 1.29 is 0 Å². The Morgan fingerprint density at radius 1 is 1.20 bits per heavy atom. The fourth-order valence-corrected chi connectivity index (χ4v) is 2.43. The molecular weight excluding hydrogens is 246 g/mol. The minimum absolute atomic E-state index is 0.456. The van der Waals surface area contributed by atoms with Crippen molar-refractivity contribution in [2.45, 2.75) is 46.6 Å². The molecule has 0 unspecified atom stereocenters. The second-order valence-corrected chi connectivity index (χ2v) is 5.63. The molecule has 2 aromatic rings. The van der Waals surface area contributed by atoms with Crippen molar-refractivity contribution in [3.63, 3.8) is 0 Å². The molecule has 1 N–H and O–H groups in total. The third-order valence-corrected chi connectivity index (χ3v) is 3.45. The van der Waals surface area contributed by atoms with Gasteiger partial charge in [0.25, 0.3) is 0 Å². The Bertz CT molecular complexity index is 538. The quantitative estimate of drug-likeness (QED) is 0.810. The number of aromatic nitrogens is 2. The summed E-state index contributed by atoms with van der Waals surface area (Å²) in [5.74, 6) is 0.456. The first-order valence-electron chi connectivity index (χ1n) is 7.48. The molecule has 0 saturated carbocycles. The predicted octanol–water partition coefficient (Wildman–Crippen LogP) is 3.80. The Morgan fingerprint density at radius 2 is 1.90 bits per heavy atom. The zero-order chi connectivity index (χ0) is 14.5. The van der Waals surface area contributed by atoms with Gasteiger partial charge >= 0.3 is 0 Å². The molecule has 0 aliphatic carbocycles. The summed E-state index contributed by atoms with van der Waals surface area (Å²) in [6.45, 7) is 10.7. The monoisotopic (exact) mass is 271 g/mol. The van der Waals surface area contributed by atoms with Crippen LogP contribution < -0.4 is 5.32 Å². The molecule has 3 nitrogen and oxygen atoms in total. The standard InChI is InChI=1S/C17H25N3/c1-5-10-18-11-15-12-19-20(17(15)13(2)3)16-8-6-14(4)7-9-16/h6-9,12-13,18H,5,10-11H2,1-4H3. The summed E-state index contributed by atoms with van der Waals surface area (Å²) < 4.78 is 2.08. The van der Waals surface area contributed by atoms with E-state index < -0.39 is 0 Å². The zero-order valence-corrected chi connectivity index (χ0v) is 13.0. The van der Waals surface area contributed by atoms with Gasteiger partial charge in [-0.2, -0.15) is 5.10 Å². The molecule has 0 atom stereocenters. The Hall–Kier alpha value is -1.61. The van der Waals surface area contributed by atoms with E-state index in [2.05, 4.69) is 67.1 Å². The van der Waals surface area contributed by atoms with E-state index in [4.69, 9.17) is 0 Å². The minimum atomic E-state index is 0.456. The van der Waals surface area contributed by atoms with E-state index in [1.54, 1.807) is 0 Å². The van der Waals surface area contributed by atoms with E-state index >= 15 is 0 Å². The first-order chi connectivity index (χ1) is 9.63. The maximum absolute atomic E-state index is 4.59. The van der Waals surface area contributed by atoms with Gasteiger partial charge < -0.3 is 5.32 Å². The highest BCUT2D eigenvalue weighted by atomic mass is 15.3. The molecule has 0 saturated heterocycles. The Morgan fingerprint density at radius 3 is 2.50 bits per heavy atom. The van der Waals surface area contributed by atoms with Gasteiger partial charge in [-0.3, -0.25) is 0 Å². The molecule has 0 bridgehead atoms. The van der Waals surface area contributed by atoms with E-state index in [0.717, 1.165) is 25.2 Å². The Balaban J connectivity index is 2.31. The van der Waals surface area contributed by atoms with Gasteiger partial charge in [0.05, 0.1) is 17.6 Å². The molecule has 0 fully saturated rings. The maximum atomic E-state index is 4.59. The van der Waals surface area contributed by atoms with E-state index in [9.17, 15) is 0 Å². The summed E-state index contributed by atoms with van der Waals surface area (Å²) in [4.78, 5) is 0. The molecule has 20 heavy (non-hydrogen) atoms. The molecule has 0 amide bonds. The largest absolute Gasteiger partial charge is 0.313 e. The average molecular weight is 271 g/mol. The lowest BCUT2D eigenvalue weighted by molar-refractivity contribution is 0.658. The SMILES string of the molecule is CCCNCc1cnn(-c2ccc(C)cc2)c1C(C)C. The molecule has 2 rings (SSSR count). The van der Waals surface area contributed by atoms with Crippen molar-refractivity contribution >= 4 is 0 Å². The summed E-state index contributed by atoms with van der Waals surface area (Å²) in [5.41, 5.74) is 5.02. The van der Waals surface area contributed by atoms with Gasteiger partial charge in [0.15, 0.2) is 0 Å². The summed E-state index contributed by atoms with van der Waals surface area (Å²) >= 11 is 0. The predicted molar refractivity (Wildman–Crippen MR) is 84.4 cm³/mol. The van der Waals surface area contributed by atoms with Crippen molar-refractivity contribution in [2.75, 3.05) is 6.54 Å². The van der Waals surface area contributed by atoms with Gasteiger partial charge in [-0.25, -0.2) is 4.68 Å². The molecule has 108 valence electrons. The Labute approximate surface area is 122 Å². The number of nitrogens with one attached hydrogen (secondary N) is 1. The summed E-state index contributed by atoms with van der Waals surface area (Å²) in [7, 11) is 0. The van der Waals surface area contributed by atoms with Crippen LogP contribution in [0.3, 0.4) is 0 Å². The second kappa shape index (κ2) is 6.71. The van der Waals surface area contributed by atoms with Crippen molar-refractivity contribution in [3.8, 4) is 5.69 Å². The molecule has 1 aromatic carbocycles. The topological polar surface area (TPSA) is 29.9 Å². The first kappa shape index (κ1) is 14.8. The summed E-state index contributed by atoms with van der Waals surface area (Å²) in [6.07, 6.45) is 3.15. The van der Waals surface area contributed by atoms with Crippen LogP contribution in [0.4, 0.5) is 0 Å². The van der Waals surface area contributed by atoms with E-state index in [-0.39, 0.29) is 0 Å². The lowest BCUT2D eigenvalue weighted by atomic mass is 10.1. The van der Waals surface area contributed by atoms with Crippen molar-refractivity contribution in [1.82, 2.24) is 15.1 Å². The van der Waals surface area contributed by atoms with Crippen LogP contribution in [-0.2, 0) is 6.54 Å². The van der Waals surface area contributed by atoms with Crippen LogP contribution in [0, 0.1) is 6.92 Å². The third kappa shape index (κ3) is 3.28. The van der Waals surface area contributed by atoms with Crippen LogP contribution in [0.15, 0.2) is 30.5 Å². The number of aryl methyl sites for hydroxylation is 1. The van der Waals surface area contributed by atoms with Crippen LogP contribution in [0.25, 0.3) is 5.69 Å². The molecule has 0 spiro atoms. The highest BCUT2D eigenvalue weighted by molar-refractivity contribution is 5.38. The van der Waals surface area contributed by atoms with Gasteiger partial charge in [-0.05, 0) is 37.9 Å². The maximum Gasteiger partial charge on any atom is 0.0649 e. The van der Waals surface area contributed by atoms with Crippen LogP contribution in [0.2, 0.25) is 0 Å². The second-order valence-electron chi connectivity index (χ2n) is 5.63.